The third-order valence-corrected chi connectivity index (χ3v) is 8.38. The number of nitrogens with two attached hydrogens (primary N) is 2. The van der Waals surface area contributed by atoms with E-state index in [-0.39, 0.29) is 47.1 Å². The number of nitrogens with zero attached hydrogens (tertiary/aromatic N) is 7. The maximum absolute atomic E-state index is 13.3. The van der Waals surface area contributed by atoms with Crippen molar-refractivity contribution >= 4 is 53.1 Å². The molecular weight excluding hydrogens is 587 g/mol. The molecule has 4 aromatic heterocycles. The largest absolute Gasteiger partial charge is 0.394 e. The van der Waals surface area contributed by atoms with Crippen molar-refractivity contribution in [1.82, 2.24) is 39.0 Å². The highest BCUT2D eigenvalue weighted by Gasteiger charge is 2.46. The highest BCUT2D eigenvalue weighted by Crippen LogP contribution is 2.57. The lowest BCUT2D eigenvalue weighted by molar-refractivity contribution is -0.0550. The van der Waals surface area contributed by atoms with Gasteiger partial charge in [0, 0.05) is 6.42 Å². The van der Waals surface area contributed by atoms with Gasteiger partial charge in [0.2, 0.25) is 5.95 Å². The fraction of sp³-hybridized carbons (Fsp3) is 0.500. The molecule has 8 N–H and O–H groups in total. The van der Waals surface area contributed by atoms with Crippen LogP contribution in [0.4, 0.5) is 11.8 Å². The number of hydrogen-bond donors (Lipinski definition) is 7. The Bertz CT molecular complexity index is 1700. The molecule has 0 aliphatic carbocycles. The van der Waals surface area contributed by atoms with Crippen LogP contribution in [-0.2, 0) is 23.1 Å². The van der Waals surface area contributed by atoms with E-state index in [1.807, 2.05) is 0 Å². The molecule has 2 aliphatic heterocycles. The molecule has 0 amide bonds. The summed E-state index contributed by atoms with van der Waals surface area (Å²) in [6.45, 7) is -5.03. The number of nitrogen functional groups attached to an aromatic ring is 2. The molecule has 2 saturated heterocycles. The number of fused-ring (bicyclic) bond motifs is 2. The molecule has 0 saturated carbocycles. The van der Waals surface area contributed by atoms with Crippen molar-refractivity contribution < 1.29 is 38.4 Å². The summed E-state index contributed by atoms with van der Waals surface area (Å²) in [5.74, 6) is -0.0287. The van der Waals surface area contributed by atoms with Crippen molar-refractivity contribution in [2.45, 2.75) is 49.4 Å². The predicted octanol–water partition coefficient (Wildman–Crippen LogP) is -1.54. The van der Waals surface area contributed by atoms with Gasteiger partial charge in [0.15, 0.2) is 35.1 Å². The molecule has 6 rings (SSSR count). The molecule has 19 nitrogen and oxygen atoms in total. The summed E-state index contributed by atoms with van der Waals surface area (Å²) in [6, 6.07) is 0. The Kier molecular flexibility index (Phi) is 7.20. The lowest BCUT2D eigenvalue weighted by Crippen LogP contribution is -2.33. The predicted molar refractivity (Wildman–Crippen MR) is 141 cm³/mol. The number of thiol groups is 1. The van der Waals surface area contributed by atoms with Crippen LogP contribution in [0.1, 0.15) is 18.9 Å². The minimum absolute atomic E-state index is 0.0143. The van der Waals surface area contributed by atoms with Crippen molar-refractivity contribution in [3.05, 3.63) is 29.3 Å². The molecule has 0 radical (unpaired) electrons. The normalized spacial score (nSPS) is 29.9. The fourth-order valence-electron chi connectivity index (χ4n) is 4.82. The minimum atomic E-state index is -4.16. The molecule has 8 atom stereocenters. The standard InChI is InChI=1S/C20H25N10O9PS/c21-14-10-15(24-4-23-14)29(5-25-10)19-13(33)12(32)9(38-19)3-36-40(35,41)39-8-1-7(2-31)37-18(8)30-6-26-11-16(30)27-20(22)28-17(11)34/h4-9,12-13,18-19,31-33H,1-3H2,(H,35,41)(H2,21,23,24)(H3,22,27,28,34)/t7-,8?,9+,12?,13?,18+,19+,40+/m0/s1. The number of H-pyrrole nitrogens is 1. The molecule has 21 heteroatoms. The van der Waals surface area contributed by atoms with E-state index in [4.69, 9.17) is 30.0 Å². The Morgan fingerprint density at radius 3 is 2.56 bits per heavy atom. The second-order valence-corrected chi connectivity index (χ2v) is 12.3. The number of aliphatic hydroxyl groups excluding tert-OH is 3. The van der Waals surface area contributed by atoms with Crippen LogP contribution in [0.15, 0.2) is 23.8 Å². The van der Waals surface area contributed by atoms with E-state index >= 15 is 0 Å². The van der Waals surface area contributed by atoms with Gasteiger partial charge in [-0.15, -0.1) is 0 Å². The SMILES string of the molecule is Nc1nc2c(ncn2[C@@H]2O[C@H](CO)CC2O[P@](=O)(S)OC[C@H]2O[C@@H](n3cnc4c(N)ncnc43)C(O)C2O)c(=O)[nH]1. The molecule has 0 bridgehead atoms. The smallest absolute Gasteiger partial charge is 0.386 e. The van der Waals surface area contributed by atoms with E-state index in [0.717, 1.165) is 0 Å². The fourth-order valence-corrected chi connectivity index (χ4v) is 6.32. The van der Waals surface area contributed by atoms with E-state index in [2.05, 4.69) is 42.2 Å². The number of rotatable bonds is 8. The first-order chi connectivity index (χ1) is 19.6. The molecule has 220 valence electrons. The van der Waals surface area contributed by atoms with Gasteiger partial charge < -0.3 is 36.3 Å². The van der Waals surface area contributed by atoms with E-state index in [0.29, 0.717) is 0 Å². The molecule has 2 fully saturated rings. The summed E-state index contributed by atoms with van der Waals surface area (Å²) in [4.78, 5) is 34.8. The first-order valence-electron chi connectivity index (χ1n) is 12.1. The van der Waals surface area contributed by atoms with Crippen LogP contribution in [0.5, 0.6) is 0 Å². The molecule has 4 aromatic rings. The minimum Gasteiger partial charge on any atom is -0.394 e. The second-order valence-electron chi connectivity index (χ2n) is 9.38. The Balaban J connectivity index is 1.16. The van der Waals surface area contributed by atoms with E-state index in [1.54, 1.807) is 0 Å². The lowest BCUT2D eigenvalue weighted by Gasteiger charge is -2.24. The average molecular weight is 613 g/mol. The molecular formula is C20H25N10O9PS. The third kappa shape index (κ3) is 5.07. The Morgan fingerprint density at radius 1 is 1.07 bits per heavy atom. The summed E-state index contributed by atoms with van der Waals surface area (Å²) < 4.78 is 38.7. The van der Waals surface area contributed by atoms with Gasteiger partial charge in [-0.1, -0.05) is 12.2 Å². The molecule has 6 heterocycles. The van der Waals surface area contributed by atoms with Crippen LogP contribution in [-0.4, -0.2) is 98.1 Å². The zero-order chi connectivity index (χ0) is 29.1. The summed E-state index contributed by atoms with van der Waals surface area (Å²) in [5, 5.41) is 30.9. The van der Waals surface area contributed by atoms with Gasteiger partial charge in [-0.3, -0.25) is 28.0 Å². The monoisotopic (exact) mass is 612 g/mol. The van der Waals surface area contributed by atoms with Crippen molar-refractivity contribution in [2.24, 2.45) is 0 Å². The number of aliphatic hydroxyl groups is 3. The zero-order valence-corrected chi connectivity index (χ0v) is 22.7. The van der Waals surface area contributed by atoms with Crippen LogP contribution in [0, 0.1) is 0 Å². The van der Waals surface area contributed by atoms with Gasteiger partial charge >= 0.3 is 6.80 Å². The number of aromatic amines is 1. The molecule has 2 aliphatic rings. The highest BCUT2D eigenvalue weighted by atomic mass is 32.7. The number of nitrogens with one attached hydrogen (secondary N) is 1. The van der Waals surface area contributed by atoms with Crippen LogP contribution < -0.4 is 17.0 Å². The lowest BCUT2D eigenvalue weighted by atomic mass is 10.1. The maximum atomic E-state index is 13.3. The molecule has 3 unspecified atom stereocenters. The van der Waals surface area contributed by atoms with Crippen LogP contribution in [0.25, 0.3) is 22.3 Å². The first-order valence-corrected chi connectivity index (χ1v) is 14.8. The van der Waals surface area contributed by atoms with Crippen molar-refractivity contribution in [2.75, 3.05) is 24.7 Å². The summed E-state index contributed by atoms with van der Waals surface area (Å²) in [7, 11) is 0. The third-order valence-electron chi connectivity index (χ3n) is 6.74. The molecule has 41 heavy (non-hydrogen) atoms. The number of ether oxygens (including phenoxy) is 2. The molecule has 0 spiro atoms. The van der Waals surface area contributed by atoms with Crippen LogP contribution >= 0.6 is 19.0 Å². The number of imidazole rings is 2. The van der Waals surface area contributed by atoms with Crippen molar-refractivity contribution in [1.29, 1.82) is 0 Å². The Hall–Kier alpha value is -3.20. The highest BCUT2D eigenvalue weighted by molar-refractivity contribution is 8.44. The van der Waals surface area contributed by atoms with Gasteiger partial charge in [-0.2, -0.15) is 4.98 Å². The second kappa shape index (κ2) is 10.6. The summed E-state index contributed by atoms with van der Waals surface area (Å²) in [6.07, 6.45) is -3.96. The van der Waals surface area contributed by atoms with Crippen LogP contribution in [0.2, 0.25) is 0 Å². The maximum Gasteiger partial charge on any atom is 0.386 e. The quantitative estimate of drug-likeness (QED) is 0.0877. The number of aromatic nitrogens is 8. The van der Waals surface area contributed by atoms with Gasteiger partial charge in [0.1, 0.15) is 36.3 Å². The Morgan fingerprint density at radius 2 is 1.80 bits per heavy atom. The number of anilines is 2. The summed E-state index contributed by atoms with van der Waals surface area (Å²) >= 11 is 4.06. The van der Waals surface area contributed by atoms with Gasteiger partial charge in [-0.05, 0) is 0 Å². The zero-order valence-electron chi connectivity index (χ0n) is 20.9. The summed E-state index contributed by atoms with van der Waals surface area (Å²) in [5.41, 5.74) is 11.5. The Labute approximate surface area is 234 Å². The van der Waals surface area contributed by atoms with Crippen LogP contribution in [0.3, 0.4) is 0 Å². The van der Waals surface area contributed by atoms with Gasteiger partial charge in [-0.25, -0.2) is 24.5 Å². The van der Waals surface area contributed by atoms with E-state index in [1.165, 1.54) is 28.1 Å². The van der Waals surface area contributed by atoms with E-state index < -0.39 is 61.9 Å². The van der Waals surface area contributed by atoms with Gasteiger partial charge in [0.25, 0.3) is 5.56 Å². The van der Waals surface area contributed by atoms with E-state index in [9.17, 15) is 24.7 Å². The number of hydrogen-bond acceptors (Lipinski definition) is 16. The topological polar surface area (TPSA) is 274 Å². The van der Waals surface area contributed by atoms with Crippen molar-refractivity contribution in [3.63, 3.8) is 0 Å². The van der Waals surface area contributed by atoms with Gasteiger partial charge in [0.05, 0.1) is 32.0 Å². The molecule has 0 aromatic carbocycles. The average Bonchev–Trinajstić information content (AvgIpc) is 3.69. The van der Waals surface area contributed by atoms with Crippen molar-refractivity contribution in [3.8, 4) is 0 Å². The first kappa shape index (κ1) is 27.9.